The number of methoxy groups -OCH3 is 1. The number of pyridine rings is 1. The predicted octanol–water partition coefficient (Wildman–Crippen LogP) is 4.54. The Morgan fingerprint density at radius 3 is 2.61 bits per heavy atom. The van der Waals surface area contributed by atoms with Crippen LogP contribution in [0.5, 0.6) is 11.5 Å². The number of rotatable bonds is 4. The minimum atomic E-state index is 0.354. The van der Waals surface area contributed by atoms with Crippen LogP contribution in [0.2, 0.25) is 5.02 Å². The molecular formula is C17H12Cl2N2O2. The zero-order valence-corrected chi connectivity index (χ0v) is 13.8. The maximum Gasteiger partial charge on any atom is 0.161 e. The molecule has 2 aromatic carbocycles. The SMILES string of the molecule is COc1cc2cc3c(Cl)c(C#N)cnc3cc2cc1OCCCl. The lowest BCUT2D eigenvalue weighted by atomic mass is 10.0. The fourth-order valence-corrected chi connectivity index (χ4v) is 2.73. The number of benzene rings is 2. The van der Waals surface area contributed by atoms with Crippen LogP contribution in [0.15, 0.2) is 30.5 Å². The van der Waals surface area contributed by atoms with Crippen LogP contribution in [-0.2, 0) is 0 Å². The van der Waals surface area contributed by atoms with E-state index in [1.54, 1.807) is 7.11 Å². The molecule has 0 aliphatic carbocycles. The van der Waals surface area contributed by atoms with E-state index < -0.39 is 0 Å². The van der Waals surface area contributed by atoms with Gasteiger partial charge in [0.05, 0.1) is 29.1 Å². The summed E-state index contributed by atoms with van der Waals surface area (Å²) in [6.45, 7) is 0.395. The van der Waals surface area contributed by atoms with Gasteiger partial charge in [0.2, 0.25) is 0 Å². The molecule has 3 aromatic rings. The number of hydrogen-bond acceptors (Lipinski definition) is 4. The second-order valence-corrected chi connectivity index (χ2v) is 5.61. The van der Waals surface area contributed by atoms with Gasteiger partial charge < -0.3 is 9.47 Å². The third-order valence-electron chi connectivity index (χ3n) is 3.50. The van der Waals surface area contributed by atoms with E-state index in [0.717, 1.165) is 21.7 Å². The van der Waals surface area contributed by atoms with Crippen LogP contribution in [0.4, 0.5) is 0 Å². The number of fused-ring (bicyclic) bond motifs is 2. The zero-order chi connectivity index (χ0) is 16.4. The van der Waals surface area contributed by atoms with Gasteiger partial charge in [0, 0.05) is 11.6 Å². The lowest BCUT2D eigenvalue weighted by Crippen LogP contribution is -2.00. The summed E-state index contributed by atoms with van der Waals surface area (Å²) in [6, 6.07) is 9.60. The Morgan fingerprint density at radius 1 is 1.17 bits per heavy atom. The molecule has 0 fully saturated rings. The minimum absolute atomic E-state index is 0.354. The molecule has 6 heteroatoms. The Morgan fingerprint density at radius 2 is 1.91 bits per heavy atom. The van der Waals surface area contributed by atoms with Gasteiger partial charge in [-0.1, -0.05) is 11.6 Å². The van der Waals surface area contributed by atoms with Gasteiger partial charge in [-0.25, -0.2) is 0 Å². The summed E-state index contributed by atoms with van der Waals surface area (Å²) in [6.07, 6.45) is 1.48. The zero-order valence-electron chi connectivity index (χ0n) is 12.3. The smallest absolute Gasteiger partial charge is 0.161 e. The molecule has 0 saturated carbocycles. The Bertz CT molecular complexity index is 935. The second kappa shape index (κ2) is 6.49. The standard InChI is InChI=1S/C17H12Cl2N2O2/c1-22-15-6-10-4-13-14(21-9-12(8-20)17(13)19)5-11(10)7-16(15)23-3-2-18/h4-7,9H,2-3H2,1H3. The Kier molecular flexibility index (Phi) is 4.42. The van der Waals surface area contributed by atoms with Crippen molar-refractivity contribution < 1.29 is 9.47 Å². The van der Waals surface area contributed by atoms with Gasteiger partial charge >= 0.3 is 0 Å². The number of alkyl halides is 1. The van der Waals surface area contributed by atoms with Gasteiger partial charge in [0.25, 0.3) is 0 Å². The highest BCUT2D eigenvalue weighted by Crippen LogP contribution is 2.36. The molecule has 0 radical (unpaired) electrons. The Balaban J connectivity index is 2.25. The predicted molar refractivity (Wildman–Crippen MR) is 91.7 cm³/mol. The van der Waals surface area contributed by atoms with Gasteiger partial charge in [-0.2, -0.15) is 5.26 Å². The molecule has 0 aliphatic heterocycles. The first-order valence-electron chi connectivity index (χ1n) is 6.86. The van der Waals surface area contributed by atoms with E-state index in [1.807, 2.05) is 30.3 Å². The molecule has 1 heterocycles. The maximum absolute atomic E-state index is 9.07. The van der Waals surface area contributed by atoms with Crippen LogP contribution in [0, 0.1) is 11.3 Å². The summed E-state index contributed by atoms with van der Waals surface area (Å²) >= 11 is 12.0. The highest BCUT2D eigenvalue weighted by Gasteiger charge is 2.11. The fourth-order valence-electron chi connectivity index (χ4n) is 2.41. The van der Waals surface area contributed by atoms with Crippen molar-refractivity contribution in [1.82, 2.24) is 4.98 Å². The van der Waals surface area contributed by atoms with Crippen LogP contribution >= 0.6 is 23.2 Å². The molecule has 0 aliphatic rings. The number of nitrogens with zero attached hydrogens (tertiary/aromatic N) is 2. The topological polar surface area (TPSA) is 55.1 Å². The third kappa shape index (κ3) is 2.86. The van der Waals surface area contributed by atoms with Crippen molar-refractivity contribution in [2.24, 2.45) is 0 Å². The van der Waals surface area contributed by atoms with E-state index >= 15 is 0 Å². The van der Waals surface area contributed by atoms with Crippen LogP contribution in [-0.4, -0.2) is 24.6 Å². The fraction of sp³-hybridized carbons (Fsp3) is 0.176. The molecule has 1 aromatic heterocycles. The van der Waals surface area contributed by atoms with E-state index in [4.69, 9.17) is 37.9 Å². The maximum atomic E-state index is 9.07. The lowest BCUT2D eigenvalue weighted by molar-refractivity contribution is 0.313. The summed E-state index contributed by atoms with van der Waals surface area (Å²) in [7, 11) is 1.58. The molecule has 0 unspecified atom stereocenters. The Hall–Kier alpha value is -2.22. The van der Waals surface area contributed by atoms with Crippen molar-refractivity contribution in [3.8, 4) is 17.6 Å². The molecule has 0 bridgehead atoms. The normalized spacial score (nSPS) is 10.7. The average molecular weight is 347 g/mol. The number of ether oxygens (including phenoxy) is 2. The highest BCUT2D eigenvalue weighted by atomic mass is 35.5. The van der Waals surface area contributed by atoms with Gasteiger partial charge in [-0.3, -0.25) is 4.98 Å². The van der Waals surface area contributed by atoms with E-state index in [9.17, 15) is 0 Å². The van der Waals surface area contributed by atoms with E-state index in [-0.39, 0.29) is 0 Å². The first-order chi connectivity index (χ1) is 11.2. The summed E-state index contributed by atoms with van der Waals surface area (Å²) in [4.78, 5) is 4.30. The molecular weight excluding hydrogens is 335 g/mol. The van der Waals surface area contributed by atoms with Crippen molar-refractivity contribution in [3.05, 3.63) is 41.0 Å². The van der Waals surface area contributed by atoms with Gasteiger partial charge in [0.15, 0.2) is 11.5 Å². The molecule has 4 nitrogen and oxygen atoms in total. The van der Waals surface area contributed by atoms with Crippen molar-refractivity contribution in [3.63, 3.8) is 0 Å². The molecule has 0 amide bonds. The first kappa shape index (κ1) is 15.7. The van der Waals surface area contributed by atoms with Gasteiger partial charge in [-0.15, -0.1) is 11.6 Å². The van der Waals surface area contributed by atoms with Crippen LogP contribution in [0.25, 0.3) is 21.7 Å². The summed E-state index contributed by atoms with van der Waals surface area (Å²) < 4.78 is 11.0. The van der Waals surface area contributed by atoms with Crippen LogP contribution in [0.3, 0.4) is 0 Å². The van der Waals surface area contributed by atoms with Crippen molar-refractivity contribution in [1.29, 1.82) is 5.26 Å². The minimum Gasteiger partial charge on any atom is -0.493 e. The summed E-state index contributed by atoms with van der Waals surface area (Å²) in [5, 5.41) is 12.1. The van der Waals surface area contributed by atoms with Crippen LogP contribution < -0.4 is 9.47 Å². The van der Waals surface area contributed by atoms with Crippen molar-refractivity contribution in [2.75, 3.05) is 19.6 Å². The lowest BCUT2D eigenvalue weighted by Gasteiger charge is -2.12. The molecule has 0 N–H and O–H groups in total. The van der Waals surface area contributed by atoms with Gasteiger partial charge in [0.1, 0.15) is 12.7 Å². The third-order valence-corrected chi connectivity index (χ3v) is 4.06. The quantitative estimate of drug-likeness (QED) is 0.514. The Labute approximate surface area is 143 Å². The number of nitriles is 1. The molecule has 0 spiro atoms. The number of halogens is 2. The number of hydrogen-bond donors (Lipinski definition) is 0. The van der Waals surface area contributed by atoms with E-state index in [1.165, 1.54) is 6.20 Å². The highest BCUT2D eigenvalue weighted by molar-refractivity contribution is 6.36. The second-order valence-electron chi connectivity index (χ2n) is 4.85. The molecule has 0 saturated heterocycles. The average Bonchev–Trinajstić information content (AvgIpc) is 2.58. The monoisotopic (exact) mass is 346 g/mol. The summed E-state index contributed by atoms with van der Waals surface area (Å²) in [5.41, 5.74) is 1.07. The van der Waals surface area contributed by atoms with Gasteiger partial charge in [-0.05, 0) is 35.0 Å². The van der Waals surface area contributed by atoms with E-state index in [0.29, 0.717) is 34.6 Å². The molecule has 0 atom stereocenters. The van der Waals surface area contributed by atoms with Crippen molar-refractivity contribution >= 4 is 44.9 Å². The molecule has 116 valence electrons. The van der Waals surface area contributed by atoms with E-state index in [2.05, 4.69) is 4.98 Å². The number of aromatic nitrogens is 1. The first-order valence-corrected chi connectivity index (χ1v) is 7.78. The molecule has 3 rings (SSSR count). The van der Waals surface area contributed by atoms with Crippen molar-refractivity contribution in [2.45, 2.75) is 0 Å². The molecule has 23 heavy (non-hydrogen) atoms. The largest absolute Gasteiger partial charge is 0.493 e. The van der Waals surface area contributed by atoms with Crippen LogP contribution in [0.1, 0.15) is 5.56 Å². The summed E-state index contributed by atoms with van der Waals surface area (Å²) in [5.74, 6) is 1.63.